The molecule has 0 atom stereocenters. The first kappa shape index (κ1) is 19.9. The van der Waals surface area contributed by atoms with Gasteiger partial charge in [-0.05, 0) is 24.3 Å². The van der Waals surface area contributed by atoms with E-state index in [1.165, 1.54) is 12.1 Å². The zero-order valence-corrected chi connectivity index (χ0v) is 14.9. The molecule has 8 heteroatoms. The largest absolute Gasteiger partial charge is 0.351 e. The summed E-state index contributed by atoms with van der Waals surface area (Å²) < 4.78 is 23.4. The molecule has 1 fully saturated rings. The molecule has 0 unspecified atom stereocenters. The average molecular weight is 362 g/mol. The van der Waals surface area contributed by atoms with Crippen molar-refractivity contribution in [3.63, 3.8) is 0 Å². The predicted octanol–water partition coefficient (Wildman–Crippen LogP) is 0.537. The third kappa shape index (κ3) is 5.76. The van der Waals surface area contributed by atoms with Gasteiger partial charge in [-0.1, -0.05) is 6.92 Å². The highest BCUT2D eigenvalue weighted by Gasteiger charge is 2.13. The molecule has 1 aliphatic rings. The molecule has 0 saturated carbocycles. The Morgan fingerprint density at radius 2 is 1.83 bits per heavy atom. The van der Waals surface area contributed by atoms with Crippen molar-refractivity contribution in [1.82, 2.24) is 15.5 Å². The molecule has 0 aliphatic carbocycles. The highest BCUT2D eigenvalue weighted by Crippen LogP contribution is 2.12. The van der Waals surface area contributed by atoms with Crippen molar-refractivity contribution in [2.75, 3.05) is 45.0 Å². The average Bonchev–Trinajstić information content (AvgIpc) is 2.56. The van der Waals surface area contributed by atoms with E-state index in [2.05, 4.69) is 15.5 Å². The van der Waals surface area contributed by atoms with E-state index in [4.69, 9.17) is 0 Å². The molecule has 2 rings (SSSR count). The lowest BCUT2D eigenvalue weighted by atomic mass is 10.2. The van der Waals surface area contributed by atoms with Crippen molar-refractivity contribution < 1.29 is 13.2 Å². The zero-order chi connectivity index (χ0) is 16.0. The minimum absolute atomic E-state index is 0. The summed E-state index contributed by atoms with van der Waals surface area (Å²) in [5.74, 6) is -0.112. The fourth-order valence-corrected chi connectivity index (χ4v) is 3.23. The Labute approximate surface area is 144 Å². The van der Waals surface area contributed by atoms with Crippen LogP contribution in [0.3, 0.4) is 0 Å². The summed E-state index contributed by atoms with van der Waals surface area (Å²) in [6.45, 7) is 7.00. The lowest BCUT2D eigenvalue weighted by Gasteiger charge is -2.27. The van der Waals surface area contributed by atoms with E-state index in [0.717, 1.165) is 32.7 Å². The fourth-order valence-electron chi connectivity index (χ4n) is 2.34. The standard InChI is InChI=1S/C15H23N3O3S.ClH/c1-2-22(20,21)14-5-3-13(4-6-14)15(19)17-9-12-18-10-7-16-8-11-18;/h3-6,16H,2,7-12H2,1H3,(H,17,19);1H. The number of hydrogen-bond acceptors (Lipinski definition) is 5. The zero-order valence-electron chi connectivity index (χ0n) is 13.2. The Morgan fingerprint density at radius 1 is 1.22 bits per heavy atom. The minimum Gasteiger partial charge on any atom is -0.351 e. The number of nitrogens with one attached hydrogen (secondary N) is 2. The second-order valence-electron chi connectivity index (χ2n) is 5.28. The lowest BCUT2D eigenvalue weighted by molar-refractivity contribution is 0.0947. The van der Waals surface area contributed by atoms with Gasteiger partial charge in [0, 0.05) is 44.8 Å². The second kappa shape index (κ2) is 9.22. The summed E-state index contributed by atoms with van der Waals surface area (Å²) in [6, 6.07) is 6.10. The van der Waals surface area contributed by atoms with Crippen molar-refractivity contribution in [2.24, 2.45) is 0 Å². The number of piperazine rings is 1. The third-order valence-electron chi connectivity index (χ3n) is 3.78. The summed E-state index contributed by atoms with van der Waals surface area (Å²) in [4.78, 5) is 14.6. The number of hydrogen-bond donors (Lipinski definition) is 2. The van der Waals surface area contributed by atoms with Crippen molar-refractivity contribution in [3.8, 4) is 0 Å². The summed E-state index contributed by atoms with van der Waals surface area (Å²) in [7, 11) is -3.22. The summed E-state index contributed by atoms with van der Waals surface area (Å²) >= 11 is 0. The minimum atomic E-state index is -3.22. The molecule has 1 aromatic carbocycles. The molecule has 130 valence electrons. The van der Waals surface area contributed by atoms with Gasteiger partial charge >= 0.3 is 0 Å². The number of carbonyl (C=O) groups is 1. The normalized spacial score (nSPS) is 15.7. The van der Waals surface area contributed by atoms with Crippen LogP contribution in [0.25, 0.3) is 0 Å². The van der Waals surface area contributed by atoms with E-state index in [9.17, 15) is 13.2 Å². The summed E-state index contributed by atoms with van der Waals surface area (Å²) in [6.07, 6.45) is 0. The van der Waals surface area contributed by atoms with Gasteiger partial charge in [0.25, 0.3) is 5.91 Å². The molecular formula is C15H24ClN3O3S. The van der Waals surface area contributed by atoms with E-state index >= 15 is 0 Å². The van der Waals surface area contributed by atoms with Gasteiger partial charge in [-0.25, -0.2) is 8.42 Å². The first-order valence-corrected chi connectivity index (χ1v) is 9.22. The Morgan fingerprint density at radius 3 is 2.39 bits per heavy atom. The molecule has 0 aromatic heterocycles. The first-order valence-electron chi connectivity index (χ1n) is 7.57. The van der Waals surface area contributed by atoms with Gasteiger partial charge in [-0.15, -0.1) is 12.4 Å². The molecule has 1 saturated heterocycles. The van der Waals surface area contributed by atoms with E-state index in [-0.39, 0.29) is 29.0 Å². The molecule has 0 radical (unpaired) electrons. The Kier molecular flexibility index (Phi) is 7.98. The third-order valence-corrected chi connectivity index (χ3v) is 5.53. The van der Waals surface area contributed by atoms with Crippen molar-refractivity contribution in [2.45, 2.75) is 11.8 Å². The molecule has 1 aromatic rings. The molecule has 23 heavy (non-hydrogen) atoms. The molecule has 2 N–H and O–H groups in total. The van der Waals surface area contributed by atoms with Gasteiger partial charge in [0.05, 0.1) is 10.6 Å². The van der Waals surface area contributed by atoms with Gasteiger partial charge in [0.15, 0.2) is 9.84 Å². The van der Waals surface area contributed by atoms with Gasteiger partial charge in [-0.3, -0.25) is 9.69 Å². The van der Waals surface area contributed by atoms with Crippen LogP contribution in [-0.4, -0.2) is 64.2 Å². The highest BCUT2D eigenvalue weighted by atomic mass is 35.5. The Bertz CT molecular complexity index is 599. The molecule has 0 spiro atoms. The van der Waals surface area contributed by atoms with Gasteiger partial charge in [-0.2, -0.15) is 0 Å². The van der Waals surface area contributed by atoms with Gasteiger partial charge in [0.1, 0.15) is 0 Å². The van der Waals surface area contributed by atoms with Crippen LogP contribution in [0, 0.1) is 0 Å². The SMILES string of the molecule is CCS(=O)(=O)c1ccc(C(=O)NCCN2CCNCC2)cc1.Cl. The number of benzene rings is 1. The van der Waals surface area contributed by atoms with Crippen molar-refractivity contribution in [3.05, 3.63) is 29.8 Å². The van der Waals surface area contributed by atoms with Crippen LogP contribution in [-0.2, 0) is 9.84 Å². The molecule has 1 heterocycles. The monoisotopic (exact) mass is 361 g/mol. The van der Waals surface area contributed by atoms with E-state index in [0.29, 0.717) is 12.1 Å². The Hall–Kier alpha value is -1.15. The maximum absolute atomic E-state index is 12.0. The first-order chi connectivity index (χ1) is 10.5. The van der Waals surface area contributed by atoms with E-state index in [1.807, 2.05) is 0 Å². The number of halogens is 1. The molecule has 1 amide bonds. The lowest BCUT2D eigenvalue weighted by Crippen LogP contribution is -2.46. The van der Waals surface area contributed by atoms with Crippen molar-refractivity contribution in [1.29, 1.82) is 0 Å². The van der Waals surface area contributed by atoms with E-state index in [1.54, 1.807) is 19.1 Å². The molecule has 0 bridgehead atoms. The molecule has 1 aliphatic heterocycles. The van der Waals surface area contributed by atoms with Crippen LogP contribution < -0.4 is 10.6 Å². The fraction of sp³-hybridized carbons (Fsp3) is 0.533. The number of rotatable bonds is 6. The molecule has 6 nitrogen and oxygen atoms in total. The molecular weight excluding hydrogens is 338 g/mol. The second-order valence-corrected chi connectivity index (χ2v) is 7.55. The van der Waals surface area contributed by atoms with Crippen LogP contribution in [0.5, 0.6) is 0 Å². The van der Waals surface area contributed by atoms with Crippen LogP contribution in [0.4, 0.5) is 0 Å². The number of amides is 1. The topological polar surface area (TPSA) is 78.5 Å². The Balaban J connectivity index is 0.00000264. The maximum atomic E-state index is 12.0. The van der Waals surface area contributed by atoms with Crippen LogP contribution in [0.1, 0.15) is 17.3 Å². The predicted molar refractivity (Wildman–Crippen MR) is 93.1 cm³/mol. The van der Waals surface area contributed by atoms with E-state index < -0.39 is 9.84 Å². The van der Waals surface area contributed by atoms with Crippen molar-refractivity contribution >= 4 is 28.2 Å². The van der Waals surface area contributed by atoms with Gasteiger partial charge in [0.2, 0.25) is 0 Å². The highest BCUT2D eigenvalue weighted by molar-refractivity contribution is 7.91. The number of nitrogens with zero attached hydrogens (tertiary/aromatic N) is 1. The maximum Gasteiger partial charge on any atom is 0.251 e. The van der Waals surface area contributed by atoms with Gasteiger partial charge < -0.3 is 10.6 Å². The van der Waals surface area contributed by atoms with Crippen LogP contribution in [0.15, 0.2) is 29.2 Å². The summed E-state index contributed by atoms with van der Waals surface area (Å²) in [5, 5.41) is 6.15. The number of carbonyl (C=O) groups excluding carboxylic acids is 1. The van der Waals surface area contributed by atoms with Crippen LogP contribution in [0.2, 0.25) is 0 Å². The van der Waals surface area contributed by atoms with Crippen LogP contribution >= 0.6 is 12.4 Å². The quantitative estimate of drug-likeness (QED) is 0.773. The number of sulfone groups is 1. The summed E-state index contributed by atoms with van der Waals surface area (Å²) in [5.41, 5.74) is 0.482. The smallest absolute Gasteiger partial charge is 0.251 e.